The van der Waals surface area contributed by atoms with E-state index in [9.17, 15) is 9.59 Å². The van der Waals surface area contributed by atoms with Gasteiger partial charge < -0.3 is 15.0 Å². The number of rotatable bonds is 7. The molecule has 0 bridgehead atoms. The van der Waals surface area contributed by atoms with Crippen molar-refractivity contribution >= 4 is 23.4 Å². The zero-order valence-electron chi connectivity index (χ0n) is 10.4. The normalized spacial score (nSPS) is 10.3. The maximum Gasteiger partial charge on any atom is 0.306 e. The van der Waals surface area contributed by atoms with Gasteiger partial charge in [0.25, 0.3) is 5.56 Å². The van der Waals surface area contributed by atoms with Crippen molar-refractivity contribution in [3.8, 4) is 0 Å². The van der Waals surface area contributed by atoms with E-state index in [1.54, 1.807) is 28.6 Å². The summed E-state index contributed by atoms with van der Waals surface area (Å²) in [7, 11) is 1.39. The van der Waals surface area contributed by atoms with Crippen molar-refractivity contribution in [3.05, 3.63) is 28.7 Å². The zero-order valence-corrected chi connectivity index (χ0v) is 11.2. The average Bonchev–Trinajstić information content (AvgIpc) is 2.37. The second-order valence-corrected chi connectivity index (χ2v) is 5.01. The number of methoxy groups -OCH3 is 1. The number of carbonyl (C=O) groups excluding carboxylic acids is 1. The molecule has 1 rings (SSSR count). The molecule has 0 atom stereocenters. The summed E-state index contributed by atoms with van der Waals surface area (Å²) in [6.45, 7) is 0.648. The SMILES string of the molecule is COC(=O)CCSCCCn1cc(N)ccc1=O. The number of nitrogens with zero attached hydrogens (tertiary/aromatic N) is 1. The van der Waals surface area contributed by atoms with Crippen molar-refractivity contribution in [2.75, 3.05) is 24.3 Å². The first-order valence-electron chi connectivity index (χ1n) is 5.74. The standard InChI is InChI=1S/C12H18N2O3S/c1-17-12(16)5-8-18-7-2-6-14-9-10(13)3-4-11(14)15/h3-4,9H,2,5-8,13H2,1H3. The molecule has 0 spiro atoms. The topological polar surface area (TPSA) is 74.3 Å². The summed E-state index contributed by atoms with van der Waals surface area (Å²) in [4.78, 5) is 22.3. The number of aryl methyl sites for hydroxylation is 1. The number of carbonyl (C=O) groups is 1. The number of hydrogen-bond donors (Lipinski definition) is 1. The van der Waals surface area contributed by atoms with Gasteiger partial charge >= 0.3 is 5.97 Å². The summed E-state index contributed by atoms with van der Waals surface area (Å²) in [6, 6.07) is 3.07. The van der Waals surface area contributed by atoms with Crippen LogP contribution in [0.15, 0.2) is 23.1 Å². The minimum Gasteiger partial charge on any atom is -0.469 e. The van der Waals surface area contributed by atoms with E-state index in [1.165, 1.54) is 13.2 Å². The molecule has 0 aliphatic carbocycles. The fourth-order valence-electron chi connectivity index (χ4n) is 1.42. The number of pyridine rings is 1. The molecule has 0 aliphatic heterocycles. The maximum absolute atomic E-state index is 11.5. The van der Waals surface area contributed by atoms with Crippen LogP contribution in [0.4, 0.5) is 5.69 Å². The van der Waals surface area contributed by atoms with Crippen molar-refractivity contribution in [1.82, 2.24) is 4.57 Å². The molecule has 0 aromatic carbocycles. The Morgan fingerprint density at radius 1 is 1.44 bits per heavy atom. The summed E-state index contributed by atoms with van der Waals surface area (Å²) in [5.74, 6) is 1.46. The van der Waals surface area contributed by atoms with Crippen molar-refractivity contribution in [2.45, 2.75) is 19.4 Å². The Labute approximate surface area is 110 Å². The Kier molecular flexibility index (Phi) is 6.35. The molecule has 100 valence electrons. The van der Waals surface area contributed by atoms with Crippen LogP contribution in [0.5, 0.6) is 0 Å². The summed E-state index contributed by atoms with van der Waals surface area (Å²) >= 11 is 1.68. The highest BCUT2D eigenvalue weighted by atomic mass is 32.2. The molecule has 0 radical (unpaired) electrons. The van der Waals surface area contributed by atoms with Crippen LogP contribution >= 0.6 is 11.8 Å². The van der Waals surface area contributed by atoms with Crippen molar-refractivity contribution in [3.63, 3.8) is 0 Å². The lowest BCUT2D eigenvalue weighted by Crippen LogP contribution is -2.19. The Morgan fingerprint density at radius 3 is 2.94 bits per heavy atom. The minimum absolute atomic E-state index is 0.0382. The molecule has 1 aromatic heterocycles. The molecular formula is C12H18N2O3S. The van der Waals surface area contributed by atoms with Gasteiger partial charge in [-0.15, -0.1) is 0 Å². The molecular weight excluding hydrogens is 252 g/mol. The molecule has 0 aliphatic rings. The highest BCUT2D eigenvalue weighted by Gasteiger charge is 2.00. The number of hydrogen-bond acceptors (Lipinski definition) is 5. The van der Waals surface area contributed by atoms with Gasteiger partial charge in [0.2, 0.25) is 0 Å². The van der Waals surface area contributed by atoms with Gasteiger partial charge in [-0.25, -0.2) is 0 Å². The first kappa shape index (κ1) is 14.6. The molecule has 1 aromatic rings. The van der Waals surface area contributed by atoms with E-state index in [0.717, 1.165) is 17.9 Å². The third kappa shape index (κ3) is 5.27. The van der Waals surface area contributed by atoms with Gasteiger partial charge in [-0.2, -0.15) is 11.8 Å². The number of ether oxygens (including phenoxy) is 1. The molecule has 1 heterocycles. The van der Waals surface area contributed by atoms with Crippen LogP contribution in [0, 0.1) is 0 Å². The highest BCUT2D eigenvalue weighted by Crippen LogP contribution is 2.06. The second kappa shape index (κ2) is 7.81. The van der Waals surface area contributed by atoms with Crippen LogP contribution in [0.3, 0.4) is 0 Å². The summed E-state index contributed by atoms with van der Waals surface area (Å²) in [6.07, 6.45) is 2.95. The molecule has 18 heavy (non-hydrogen) atoms. The Balaban J connectivity index is 2.20. The number of thioether (sulfide) groups is 1. The van der Waals surface area contributed by atoms with Gasteiger partial charge in [-0.05, 0) is 18.2 Å². The third-order valence-electron chi connectivity index (χ3n) is 2.37. The van der Waals surface area contributed by atoms with Crippen LogP contribution in [0.25, 0.3) is 0 Å². The summed E-state index contributed by atoms with van der Waals surface area (Å²) in [5, 5.41) is 0. The first-order chi connectivity index (χ1) is 8.63. The lowest BCUT2D eigenvalue weighted by atomic mass is 10.4. The fourth-order valence-corrected chi connectivity index (χ4v) is 2.27. The van der Waals surface area contributed by atoms with Crippen molar-refractivity contribution < 1.29 is 9.53 Å². The van der Waals surface area contributed by atoms with Gasteiger partial charge in [-0.1, -0.05) is 0 Å². The van der Waals surface area contributed by atoms with Gasteiger partial charge in [0.05, 0.1) is 13.5 Å². The molecule has 0 saturated carbocycles. The van der Waals surface area contributed by atoms with E-state index in [2.05, 4.69) is 4.74 Å². The molecule has 0 fully saturated rings. The number of nitrogen functional groups attached to an aromatic ring is 1. The van der Waals surface area contributed by atoms with Crippen LogP contribution < -0.4 is 11.3 Å². The smallest absolute Gasteiger partial charge is 0.306 e. The third-order valence-corrected chi connectivity index (χ3v) is 3.44. The van der Waals surface area contributed by atoms with E-state index >= 15 is 0 Å². The quantitative estimate of drug-likeness (QED) is 0.593. The zero-order chi connectivity index (χ0) is 13.4. The van der Waals surface area contributed by atoms with Crippen LogP contribution in [0.1, 0.15) is 12.8 Å². The first-order valence-corrected chi connectivity index (χ1v) is 6.89. The predicted molar refractivity (Wildman–Crippen MR) is 73.7 cm³/mol. The molecule has 2 N–H and O–H groups in total. The van der Waals surface area contributed by atoms with Crippen molar-refractivity contribution in [2.24, 2.45) is 0 Å². The second-order valence-electron chi connectivity index (χ2n) is 3.79. The Hall–Kier alpha value is -1.43. The minimum atomic E-state index is -0.186. The maximum atomic E-state index is 11.5. The molecule has 6 heteroatoms. The number of esters is 1. The van der Waals surface area contributed by atoms with E-state index in [1.807, 2.05) is 0 Å². The van der Waals surface area contributed by atoms with Gasteiger partial charge in [0.15, 0.2) is 0 Å². The van der Waals surface area contributed by atoms with Crippen molar-refractivity contribution in [1.29, 1.82) is 0 Å². The number of aromatic nitrogens is 1. The van der Waals surface area contributed by atoms with Gasteiger partial charge in [0, 0.05) is 30.2 Å². The molecule has 5 nitrogen and oxygen atoms in total. The predicted octanol–water partition coefficient (Wildman–Crippen LogP) is 1.12. The Morgan fingerprint density at radius 2 is 2.22 bits per heavy atom. The largest absolute Gasteiger partial charge is 0.469 e. The summed E-state index contributed by atoms with van der Waals surface area (Å²) < 4.78 is 6.15. The molecule has 0 unspecified atom stereocenters. The van der Waals surface area contributed by atoms with E-state index < -0.39 is 0 Å². The number of nitrogens with two attached hydrogens (primary N) is 1. The fraction of sp³-hybridized carbons (Fsp3) is 0.500. The van der Waals surface area contributed by atoms with Crippen LogP contribution in [-0.2, 0) is 16.1 Å². The van der Waals surface area contributed by atoms with Crippen LogP contribution in [-0.4, -0.2) is 29.2 Å². The Bertz CT molecular complexity index is 445. The molecule has 0 saturated heterocycles. The van der Waals surface area contributed by atoms with E-state index in [-0.39, 0.29) is 11.5 Å². The van der Waals surface area contributed by atoms with E-state index in [0.29, 0.717) is 18.7 Å². The number of anilines is 1. The monoisotopic (exact) mass is 270 g/mol. The lowest BCUT2D eigenvalue weighted by molar-refractivity contribution is -0.140. The average molecular weight is 270 g/mol. The van der Waals surface area contributed by atoms with Gasteiger partial charge in [0.1, 0.15) is 0 Å². The van der Waals surface area contributed by atoms with Crippen LogP contribution in [0.2, 0.25) is 0 Å². The van der Waals surface area contributed by atoms with Gasteiger partial charge in [-0.3, -0.25) is 9.59 Å². The summed E-state index contributed by atoms with van der Waals surface area (Å²) in [5.41, 5.74) is 6.16. The lowest BCUT2D eigenvalue weighted by Gasteiger charge is -2.06. The van der Waals surface area contributed by atoms with E-state index in [4.69, 9.17) is 5.73 Å². The molecule has 0 amide bonds. The highest BCUT2D eigenvalue weighted by molar-refractivity contribution is 7.99.